The van der Waals surface area contributed by atoms with Crippen molar-refractivity contribution in [1.29, 1.82) is 0 Å². The summed E-state index contributed by atoms with van der Waals surface area (Å²) < 4.78 is 12.1. The normalized spacial score (nSPS) is 19.4. The number of ether oxygens (including phenoxy) is 2. The van der Waals surface area contributed by atoms with E-state index >= 15 is 0 Å². The molecule has 2 heterocycles. The number of thiazole rings is 1. The summed E-state index contributed by atoms with van der Waals surface area (Å²) in [5.41, 5.74) is 1.27. The molecule has 1 N–H and O–H groups in total. The molecular formula is C35H56N4O4S. The van der Waals surface area contributed by atoms with Crippen molar-refractivity contribution in [1.82, 2.24) is 20.1 Å². The molecule has 1 aromatic heterocycles. The molecule has 0 saturated carbocycles. The Hall–Kier alpha value is -2.33. The number of nitrogens with one attached hydrogen (secondary N) is 1. The van der Waals surface area contributed by atoms with Crippen LogP contribution in [0.4, 0.5) is 0 Å². The number of carbonyl (C=O) groups excluding carboxylic acids is 2. The van der Waals surface area contributed by atoms with Crippen molar-refractivity contribution in [2.24, 2.45) is 17.8 Å². The lowest BCUT2D eigenvalue weighted by Crippen LogP contribution is -2.52. The number of nitrogens with zero attached hydrogens (tertiary/aromatic N) is 3. The fourth-order valence-corrected chi connectivity index (χ4v) is 7.40. The quantitative estimate of drug-likeness (QED) is 0.219. The van der Waals surface area contributed by atoms with E-state index in [4.69, 9.17) is 9.47 Å². The third kappa shape index (κ3) is 9.83. The number of methoxy groups -OCH3 is 2. The van der Waals surface area contributed by atoms with Crippen LogP contribution in [0.2, 0.25) is 0 Å². The van der Waals surface area contributed by atoms with E-state index in [1.165, 1.54) is 5.56 Å². The fraction of sp³-hybridized carbons (Fsp3) is 0.686. The second-order valence-electron chi connectivity index (χ2n) is 13.0. The second kappa shape index (κ2) is 18.0. The number of rotatable bonds is 18. The maximum absolute atomic E-state index is 13.9. The number of carbonyl (C=O) groups is 2. The maximum atomic E-state index is 13.9. The molecule has 7 atom stereocenters. The smallest absolute Gasteiger partial charge is 0.225 e. The molecule has 3 rings (SSSR count). The molecule has 1 aliphatic heterocycles. The van der Waals surface area contributed by atoms with Crippen LogP contribution < -0.4 is 5.32 Å². The highest BCUT2D eigenvalue weighted by atomic mass is 32.1. The van der Waals surface area contributed by atoms with E-state index in [1.54, 1.807) is 25.6 Å². The highest BCUT2D eigenvalue weighted by Gasteiger charge is 2.40. The average Bonchev–Trinajstić information content (AvgIpc) is 3.72. The molecule has 0 radical (unpaired) electrons. The molecule has 1 aromatic carbocycles. The molecule has 1 aliphatic rings. The van der Waals surface area contributed by atoms with E-state index < -0.39 is 0 Å². The van der Waals surface area contributed by atoms with Crippen molar-refractivity contribution >= 4 is 23.2 Å². The van der Waals surface area contributed by atoms with Gasteiger partial charge >= 0.3 is 0 Å². The van der Waals surface area contributed by atoms with Crippen LogP contribution in [0, 0.1) is 17.8 Å². The van der Waals surface area contributed by atoms with Crippen LogP contribution in [0.3, 0.4) is 0 Å². The van der Waals surface area contributed by atoms with E-state index in [9.17, 15) is 9.59 Å². The van der Waals surface area contributed by atoms with Gasteiger partial charge in [-0.05, 0) is 42.6 Å². The molecule has 0 spiro atoms. The SMILES string of the molecule is CCC(C)C(C(CC(=O)N1CCCC1C(OC)C(C)CNC(Cc1ccccc1)c1nccs1)OC)N(C)C(=O)CC(C)C. The van der Waals surface area contributed by atoms with Gasteiger partial charge in [-0.3, -0.25) is 9.59 Å². The monoisotopic (exact) mass is 628 g/mol. The summed E-state index contributed by atoms with van der Waals surface area (Å²) in [5, 5.41) is 6.87. The molecular weight excluding hydrogens is 572 g/mol. The van der Waals surface area contributed by atoms with Gasteiger partial charge in [0.25, 0.3) is 0 Å². The van der Waals surface area contributed by atoms with Gasteiger partial charge in [0.05, 0.1) is 36.8 Å². The lowest BCUT2D eigenvalue weighted by atomic mass is 9.90. The Bertz CT molecular complexity index is 1120. The summed E-state index contributed by atoms with van der Waals surface area (Å²) in [7, 11) is 5.29. The van der Waals surface area contributed by atoms with Gasteiger partial charge in [0.2, 0.25) is 11.8 Å². The second-order valence-corrected chi connectivity index (χ2v) is 13.9. The van der Waals surface area contributed by atoms with Gasteiger partial charge in [-0.25, -0.2) is 4.98 Å². The molecule has 9 heteroatoms. The first-order chi connectivity index (χ1) is 21.1. The van der Waals surface area contributed by atoms with E-state index in [2.05, 4.69) is 69.2 Å². The zero-order valence-electron chi connectivity index (χ0n) is 28.2. The summed E-state index contributed by atoms with van der Waals surface area (Å²) in [6, 6.07) is 10.4. The highest BCUT2D eigenvalue weighted by molar-refractivity contribution is 7.09. The largest absolute Gasteiger partial charge is 0.379 e. The molecule has 0 bridgehead atoms. The molecule has 0 aliphatic carbocycles. The number of benzene rings is 1. The molecule has 1 saturated heterocycles. The zero-order valence-corrected chi connectivity index (χ0v) is 29.0. The van der Waals surface area contributed by atoms with Gasteiger partial charge in [0, 0.05) is 52.4 Å². The van der Waals surface area contributed by atoms with E-state index in [0.717, 1.165) is 37.2 Å². The highest BCUT2D eigenvalue weighted by Crippen LogP contribution is 2.30. The van der Waals surface area contributed by atoms with Crippen LogP contribution >= 0.6 is 11.3 Å². The Morgan fingerprint density at radius 3 is 2.41 bits per heavy atom. The van der Waals surface area contributed by atoms with Crippen molar-refractivity contribution in [2.75, 3.05) is 34.4 Å². The number of likely N-dealkylation sites (tertiary alicyclic amines) is 1. The molecule has 246 valence electrons. The van der Waals surface area contributed by atoms with Crippen LogP contribution in [0.25, 0.3) is 0 Å². The Labute approximate surface area is 269 Å². The van der Waals surface area contributed by atoms with Gasteiger partial charge in [-0.1, -0.05) is 71.4 Å². The van der Waals surface area contributed by atoms with Crippen LogP contribution in [0.5, 0.6) is 0 Å². The van der Waals surface area contributed by atoms with Gasteiger partial charge in [-0.2, -0.15) is 0 Å². The van der Waals surface area contributed by atoms with Crippen LogP contribution in [-0.4, -0.2) is 85.2 Å². The topological polar surface area (TPSA) is 84.0 Å². The van der Waals surface area contributed by atoms with E-state index in [1.807, 2.05) is 34.5 Å². The summed E-state index contributed by atoms with van der Waals surface area (Å²) in [5.74, 6) is 0.811. The van der Waals surface area contributed by atoms with Crippen LogP contribution in [-0.2, 0) is 25.5 Å². The van der Waals surface area contributed by atoms with Gasteiger partial charge < -0.3 is 24.6 Å². The van der Waals surface area contributed by atoms with Crippen molar-refractivity contribution in [3.8, 4) is 0 Å². The van der Waals surface area contributed by atoms with E-state index in [0.29, 0.717) is 13.0 Å². The first-order valence-corrected chi connectivity index (χ1v) is 17.3. The predicted octanol–water partition coefficient (Wildman–Crippen LogP) is 5.98. The Balaban J connectivity index is 1.69. The van der Waals surface area contributed by atoms with Crippen LogP contribution in [0.15, 0.2) is 41.9 Å². The molecule has 8 nitrogen and oxygen atoms in total. The standard InChI is InChI=1S/C35H56N4O4S/c1-9-25(4)33(38(6)31(40)20-24(2)3)30(42-7)22-32(41)39-18-13-16-29(39)34(43-8)26(5)23-37-28(35-36-17-19-44-35)21-27-14-11-10-12-15-27/h10-12,14-15,17,19,24-26,28-30,33-34,37H,9,13,16,18,20-23H2,1-8H3. The minimum Gasteiger partial charge on any atom is -0.379 e. The average molecular weight is 629 g/mol. The number of hydrogen-bond donors (Lipinski definition) is 1. The molecule has 7 unspecified atom stereocenters. The molecule has 2 aromatic rings. The Morgan fingerprint density at radius 2 is 1.82 bits per heavy atom. The van der Waals surface area contributed by atoms with Crippen molar-refractivity contribution in [2.45, 2.75) is 103 Å². The minimum absolute atomic E-state index is 0.00315. The number of hydrogen-bond acceptors (Lipinski definition) is 7. The number of likely N-dealkylation sites (N-methyl/N-ethyl adjacent to an activating group) is 1. The lowest BCUT2D eigenvalue weighted by Gasteiger charge is -2.39. The summed E-state index contributed by atoms with van der Waals surface area (Å²) >= 11 is 1.67. The lowest BCUT2D eigenvalue weighted by molar-refractivity contribution is -0.144. The summed E-state index contributed by atoms with van der Waals surface area (Å²) in [4.78, 5) is 35.5. The predicted molar refractivity (Wildman–Crippen MR) is 179 cm³/mol. The Morgan fingerprint density at radius 1 is 1.09 bits per heavy atom. The van der Waals surface area contributed by atoms with Gasteiger partial charge in [0.1, 0.15) is 5.01 Å². The first kappa shape index (κ1) is 36.1. The van der Waals surface area contributed by atoms with Crippen molar-refractivity contribution in [3.63, 3.8) is 0 Å². The summed E-state index contributed by atoms with van der Waals surface area (Å²) in [6.45, 7) is 12.0. The third-order valence-electron chi connectivity index (χ3n) is 9.26. The number of amides is 2. The third-order valence-corrected chi connectivity index (χ3v) is 10.1. The summed E-state index contributed by atoms with van der Waals surface area (Å²) in [6.07, 6.45) is 5.72. The van der Waals surface area contributed by atoms with E-state index in [-0.39, 0.29) is 66.3 Å². The van der Waals surface area contributed by atoms with Crippen LogP contribution in [0.1, 0.15) is 83.3 Å². The molecule has 1 fully saturated rings. The van der Waals surface area contributed by atoms with Gasteiger partial charge in [-0.15, -0.1) is 11.3 Å². The maximum Gasteiger partial charge on any atom is 0.225 e. The zero-order chi connectivity index (χ0) is 32.2. The first-order valence-electron chi connectivity index (χ1n) is 16.4. The van der Waals surface area contributed by atoms with Gasteiger partial charge in [0.15, 0.2) is 0 Å². The van der Waals surface area contributed by atoms with Crippen molar-refractivity contribution in [3.05, 3.63) is 52.5 Å². The van der Waals surface area contributed by atoms with Crippen molar-refractivity contribution < 1.29 is 19.1 Å². The minimum atomic E-state index is -0.378. The molecule has 2 amide bonds. The number of aromatic nitrogens is 1. The Kier molecular flexibility index (Phi) is 14.8. The molecule has 44 heavy (non-hydrogen) atoms. The fourth-order valence-electron chi connectivity index (χ4n) is 6.69.